The number of fused-ring (bicyclic) bond motifs is 1. The van der Waals surface area contributed by atoms with Crippen LogP contribution in [0.5, 0.6) is 0 Å². The average Bonchev–Trinajstić information content (AvgIpc) is 3.15. The van der Waals surface area contributed by atoms with Crippen LogP contribution in [-0.4, -0.2) is 30.5 Å². The number of nitrogens with zero attached hydrogens (tertiary/aromatic N) is 5. The highest BCUT2D eigenvalue weighted by Gasteiger charge is 2.23. The summed E-state index contributed by atoms with van der Waals surface area (Å²) in [6.07, 6.45) is 4.78. The van der Waals surface area contributed by atoms with Crippen LogP contribution < -0.4 is 0 Å². The Bertz CT molecular complexity index is 717. The van der Waals surface area contributed by atoms with Crippen molar-refractivity contribution in [3.63, 3.8) is 0 Å². The fourth-order valence-electron chi connectivity index (χ4n) is 2.34. The van der Waals surface area contributed by atoms with Gasteiger partial charge in [0, 0.05) is 17.5 Å². The third-order valence-electron chi connectivity index (χ3n) is 3.24. The highest BCUT2D eigenvalue weighted by molar-refractivity contribution is 5.58. The first-order chi connectivity index (χ1) is 9.42. The summed E-state index contributed by atoms with van der Waals surface area (Å²) in [7, 11) is 0. The van der Waals surface area contributed by atoms with Gasteiger partial charge in [-0.2, -0.15) is 15.2 Å². The molecule has 7 nitrogen and oxygen atoms in total. The minimum absolute atomic E-state index is 0.429. The molecule has 3 aromatic heterocycles. The van der Waals surface area contributed by atoms with Crippen molar-refractivity contribution in [1.29, 1.82) is 0 Å². The van der Waals surface area contributed by atoms with Gasteiger partial charge < -0.3 is 4.52 Å². The molecule has 1 N–H and O–H groups in total. The monoisotopic (exact) mass is 254 g/mol. The molecule has 0 unspecified atom stereocenters. The quantitative estimate of drug-likeness (QED) is 0.743. The summed E-state index contributed by atoms with van der Waals surface area (Å²) in [6, 6.07) is 3.57. The van der Waals surface area contributed by atoms with Gasteiger partial charge in [-0.15, -0.1) is 5.10 Å². The number of aromatic nitrogens is 6. The lowest BCUT2D eigenvalue weighted by Gasteiger charge is -1.91. The van der Waals surface area contributed by atoms with Crippen molar-refractivity contribution in [3.05, 3.63) is 29.6 Å². The first-order valence-electron chi connectivity index (χ1n) is 6.10. The molecule has 0 saturated carbocycles. The molecule has 0 bridgehead atoms. The Labute approximate surface area is 108 Å². The maximum Gasteiger partial charge on any atom is 0.279 e. The maximum absolute atomic E-state index is 5.28. The second-order valence-corrected chi connectivity index (χ2v) is 4.41. The zero-order chi connectivity index (χ0) is 12.7. The van der Waals surface area contributed by atoms with E-state index < -0.39 is 0 Å². The van der Waals surface area contributed by atoms with Crippen LogP contribution >= 0.6 is 0 Å². The first-order valence-corrected chi connectivity index (χ1v) is 6.10. The molecule has 94 valence electrons. The summed E-state index contributed by atoms with van der Waals surface area (Å²) in [5.41, 5.74) is 3.71. The topological polar surface area (TPSA) is 93.4 Å². The Morgan fingerprint density at radius 2 is 2.26 bits per heavy atom. The fraction of sp³-hybridized carbons (Fsp3) is 0.250. The molecule has 7 heteroatoms. The van der Waals surface area contributed by atoms with Gasteiger partial charge in [-0.05, 0) is 31.4 Å². The molecular weight excluding hydrogens is 244 g/mol. The maximum atomic E-state index is 5.28. The molecule has 0 saturated heterocycles. The Morgan fingerprint density at radius 3 is 3.16 bits per heavy atom. The lowest BCUT2D eigenvalue weighted by molar-refractivity contribution is 0.430. The number of rotatable bonds is 2. The van der Waals surface area contributed by atoms with Crippen LogP contribution in [0.4, 0.5) is 0 Å². The molecule has 19 heavy (non-hydrogen) atoms. The highest BCUT2D eigenvalue weighted by Crippen LogP contribution is 2.29. The van der Waals surface area contributed by atoms with E-state index in [9.17, 15) is 0 Å². The molecule has 0 aromatic carbocycles. The van der Waals surface area contributed by atoms with Crippen molar-refractivity contribution in [2.45, 2.75) is 19.3 Å². The van der Waals surface area contributed by atoms with Gasteiger partial charge >= 0.3 is 0 Å². The Balaban J connectivity index is 1.75. The third-order valence-corrected chi connectivity index (χ3v) is 3.24. The molecule has 0 aliphatic heterocycles. The van der Waals surface area contributed by atoms with E-state index in [1.54, 1.807) is 18.3 Å². The van der Waals surface area contributed by atoms with Gasteiger partial charge in [0.1, 0.15) is 5.69 Å². The number of nitrogens with one attached hydrogen (secondary N) is 1. The lowest BCUT2D eigenvalue weighted by atomic mass is 10.2. The van der Waals surface area contributed by atoms with Crippen LogP contribution in [0.15, 0.2) is 22.9 Å². The highest BCUT2D eigenvalue weighted by atomic mass is 16.5. The van der Waals surface area contributed by atoms with Gasteiger partial charge in [-0.1, -0.05) is 5.16 Å². The van der Waals surface area contributed by atoms with Crippen molar-refractivity contribution < 1.29 is 4.52 Å². The van der Waals surface area contributed by atoms with Crippen LogP contribution in [0.2, 0.25) is 0 Å². The number of H-pyrrole nitrogens is 1. The van der Waals surface area contributed by atoms with E-state index in [1.165, 1.54) is 11.3 Å². The van der Waals surface area contributed by atoms with E-state index in [4.69, 9.17) is 4.52 Å². The molecule has 3 aromatic rings. The zero-order valence-corrected chi connectivity index (χ0v) is 10.00. The van der Waals surface area contributed by atoms with E-state index in [2.05, 4.69) is 30.5 Å². The number of aryl methyl sites for hydroxylation is 1. The molecule has 1 aliphatic carbocycles. The largest absolute Gasteiger partial charge is 0.332 e. The van der Waals surface area contributed by atoms with E-state index >= 15 is 0 Å². The molecule has 0 spiro atoms. The summed E-state index contributed by atoms with van der Waals surface area (Å²) >= 11 is 0. The summed E-state index contributed by atoms with van der Waals surface area (Å²) in [4.78, 5) is 4.34. The van der Waals surface area contributed by atoms with Gasteiger partial charge in [0.05, 0.1) is 0 Å². The van der Waals surface area contributed by atoms with Gasteiger partial charge in [0.25, 0.3) is 5.89 Å². The fourth-order valence-corrected chi connectivity index (χ4v) is 2.34. The second kappa shape index (κ2) is 3.98. The molecule has 4 rings (SSSR count). The van der Waals surface area contributed by atoms with E-state index in [0.717, 1.165) is 25.0 Å². The van der Waals surface area contributed by atoms with Crippen molar-refractivity contribution >= 4 is 0 Å². The summed E-state index contributed by atoms with van der Waals surface area (Å²) in [5, 5.41) is 19.0. The summed E-state index contributed by atoms with van der Waals surface area (Å²) in [5.74, 6) is 0.859. The normalized spacial score (nSPS) is 13.7. The second-order valence-electron chi connectivity index (χ2n) is 4.41. The molecule has 0 atom stereocenters. The smallest absolute Gasteiger partial charge is 0.279 e. The van der Waals surface area contributed by atoms with Crippen LogP contribution in [0.3, 0.4) is 0 Å². The SMILES string of the molecule is c1cnnc(-c2noc(-c3n[nH]c4c3CCC4)n2)c1. The van der Waals surface area contributed by atoms with Crippen molar-refractivity contribution in [1.82, 2.24) is 30.5 Å². The molecule has 1 aliphatic rings. The Kier molecular flexibility index (Phi) is 2.17. The van der Waals surface area contributed by atoms with Crippen LogP contribution in [-0.2, 0) is 12.8 Å². The van der Waals surface area contributed by atoms with E-state index in [-0.39, 0.29) is 0 Å². The van der Waals surface area contributed by atoms with Crippen molar-refractivity contribution in [3.8, 4) is 23.1 Å². The third kappa shape index (κ3) is 1.62. The minimum atomic E-state index is 0.429. The summed E-state index contributed by atoms with van der Waals surface area (Å²) < 4.78 is 5.28. The first kappa shape index (κ1) is 10.4. The van der Waals surface area contributed by atoms with Crippen LogP contribution in [0, 0.1) is 0 Å². The van der Waals surface area contributed by atoms with Crippen molar-refractivity contribution in [2.24, 2.45) is 0 Å². The van der Waals surface area contributed by atoms with Gasteiger partial charge in [0.15, 0.2) is 5.69 Å². The Hall–Kier alpha value is -2.57. The number of hydrogen-bond acceptors (Lipinski definition) is 6. The molecule has 0 amide bonds. The van der Waals surface area contributed by atoms with Crippen LogP contribution in [0.1, 0.15) is 17.7 Å². The molecular formula is C12H10N6O. The minimum Gasteiger partial charge on any atom is -0.332 e. The van der Waals surface area contributed by atoms with E-state index in [0.29, 0.717) is 17.4 Å². The van der Waals surface area contributed by atoms with E-state index in [1.807, 2.05) is 0 Å². The van der Waals surface area contributed by atoms with Gasteiger partial charge in [0.2, 0.25) is 5.82 Å². The standard InChI is InChI=1S/C12H10N6O/c1-3-7-8(4-1)16-17-10(7)12-14-11(18-19-12)9-5-2-6-13-15-9/h2,5-6H,1,3-4H2,(H,16,17). The summed E-state index contributed by atoms with van der Waals surface area (Å²) in [6.45, 7) is 0. The molecule has 0 radical (unpaired) electrons. The Morgan fingerprint density at radius 1 is 1.26 bits per heavy atom. The van der Waals surface area contributed by atoms with Crippen molar-refractivity contribution in [2.75, 3.05) is 0 Å². The van der Waals surface area contributed by atoms with Gasteiger partial charge in [-0.3, -0.25) is 5.10 Å². The molecule has 0 fully saturated rings. The molecule has 3 heterocycles. The zero-order valence-electron chi connectivity index (χ0n) is 10.00. The van der Waals surface area contributed by atoms with Crippen LogP contribution in [0.25, 0.3) is 23.1 Å². The number of aromatic amines is 1. The number of hydrogen-bond donors (Lipinski definition) is 1. The van der Waals surface area contributed by atoms with Gasteiger partial charge in [-0.25, -0.2) is 0 Å². The lowest BCUT2D eigenvalue weighted by Crippen LogP contribution is -1.88. The predicted octanol–water partition coefficient (Wildman–Crippen LogP) is 1.41. The average molecular weight is 254 g/mol. The predicted molar refractivity (Wildman–Crippen MR) is 64.9 cm³/mol.